The van der Waals surface area contributed by atoms with Gasteiger partial charge in [-0.2, -0.15) is 0 Å². The molecule has 3 nitrogen and oxygen atoms in total. The lowest BCUT2D eigenvalue weighted by Crippen LogP contribution is -2.10. The molecule has 4 rings (SSSR count). The van der Waals surface area contributed by atoms with Crippen LogP contribution in [0.15, 0.2) is 71.2 Å². The number of nitrogens with zero attached hydrogens (tertiary/aromatic N) is 1. The first-order valence-corrected chi connectivity index (χ1v) is 10.2. The fourth-order valence-electron chi connectivity index (χ4n) is 3.07. The number of fused-ring (bicyclic) bond motifs is 1. The second-order valence-corrected chi connectivity index (χ2v) is 8.21. The van der Waals surface area contributed by atoms with Crippen LogP contribution in [0, 0.1) is 13.8 Å². The number of carbonyl (C=O) groups is 1. The number of hydrogen-bond donors (Lipinski definition) is 0. The molecule has 0 atom stereocenters. The van der Waals surface area contributed by atoms with Gasteiger partial charge in [-0.3, -0.25) is 0 Å². The van der Waals surface area contributed by atoms with Crippen LogP contribution in [-0.2, 0) is 0 Å². The van der Waals surface area contributed by atoms with Gasteiger partial charge >= 0.3 is 5.97 Å². The van der Waals surface area contributed by atoms with Gasteiger partial charge in [0.15, 0.2) is 0 Å². The Morgan fingerprint density at radius 3 is 2.41 bits per heavy atom. The molecule has 0 N–H and O–H groups in total. The fourth-order valence-corrected chi connectivity index (χ4v) is 3.56. The number of benzene rings is 3. The van der Waals surface area contributed by atoms with Gasteiger partial charge in [0.25, 0.3) is 0 Å². The molecule has 0 aliphatic carbocycles. The molecular formula is C24H17BrClNO2. The molecule has 3 aromatic carbocycles. The molecule has 4 aromatic rings. The number of carbonyl (C=O) groups excluding carboxylic acids is 1. The Bertz CT molecular complexity index is 1240. The highest BCUT2D eigenvalue weighted by Gasteiger charge is 2.17. The quantitative estimate of drug-likeness (QED) is 0.238. The van der Waals surface area contributed by atoms with Crippen LogP contribution in [0.5, 0.6) is 5.75 Å². The minimum atomic E-state index is -0.422. The third-order valence-electron chi connectivity index (χ3n) is 4.82. The number of ether oxygens (including phenoxy) is 1. The van der Waals surface area contributed by atoms with Crippen molar-refractivity contribution in [3.8, 4) is 17.0 Å². The molecule has 0 saturated heterocycles. The summed E-state index contributed by atoms with van der Waals surface area (Å²) in [6, 6.07) is 20.4. The minimum absolute atomic E-state index is 0.422. The molecule has 0 fully saturated rings. The van der Waals surface area contributed by atoms with Gasteiger partial charge in [-0.25, -0.2) is 9.78 Å². The average molecular weight is 467 g/mol. The first-order valence-electron chi connectivity index (χ1n) is 9.06. The second-order valence-electron chi connectivity index (χ2n) is 6.86. The van der Waals surface area contributed by atoms with Gasteiger partial charge in [0.05, 0.1) is 16.8 Å². The maximum atomic E-state index is 13.1. The summed E-state index contributed by atoms with van der Waals surface area (Å²) >= 11 is 9.48. The molecule has 0 amide bonds. The lowest BCUT2D eigenvalue weighted by atomic mass is 10.0. The molecule has 5 heteroatoms. The summed E-state index contributed by atoms with van der Waals surface area (Å²) in [4.78, 5) is 17.8. The van der Waals surface area contributed by atoms with E-state index in [0.29, 0.717) is 27.5 Å². The van der Waals surface area contributed by atoms with Crippen LogP contribution < -0.4 is 4.74 Å². The molecule has 0 bridgehead atoms. The maximum Gasteiger partial charge on any atom is 0.344 e. The molecule has 1 aromatic heterocycles. The van der Waals surface area contributed by atoms with E-state index in [4.69, 9.17) is 21.3 Å². The zero-order valence-electron chi connectivity index (χ0n) is 15.9. The number of hydrogen-bond acceptors (Lipinski definition) is 3. The topological polar surface area (TPSA) is 39.2 Å². The molecule has 0 aliphatic heterocycles. The van der Waals surface area contributed by atoms with Crippen LogP contribution in [0.4, 0.5) is 0 Å². The summed E-state index contributed by atoms with van der Waals surface area (Å²) in [6.45, 7) is 4.01. The molecule has 0 spiro atoms. The highest BCUT2D eigenvalue weighted by atomic mass is 79.9. The van der Waals surface area contributed by atoms with Crippen LogP contribution in [0.2, 0.25) is 5.02 Å². The number of aromatic nitrogens is 1. The van der Waals surface area contributed by atoms with E-state index in [1.165, 1.54) is 0 Å². The van der Waals surface area contributed by atoms with E-state index in [1.54, 1.807) is 24.3 Å². The normalized spacial score (nSPS) is 10.9. The van der Waals surface area contributed by atoms with E-state index in [1.807, 2.05) is 56.3 Å². The van der Waals surface area contributed by atoms with Crippen molar-refractivity contribution >= 4 is 44.4 Å². The van der Waals surface area contributed by atoms with E-state index >= 15 is 0 Å². The summed E-state index contributed by atoms with van der Waals surface area (Å²) in [6.07, 6.45) is 0. The smallest absolute Gasteiger partial charge is 0.344 e. The Balaban J connectivity index is 1.82. The van der Waals surface area contributed by atoms with Crippen molar-refractivity contribution in [3.63, 3.8) is 0 Å². The standard InChI is InChI=1S/C24H17BrClNO2/c1-14-3-9-19(11-15(14)2)29-24(28)21-13-23(16-4-7-18(26)8-5-16)27-22-10-6-17(25)12-20(21)22/h3-13H,1-2H3. The van der Waals surface area contributed by atoms with Crippen LogP contribution in [0.1, 0.15) is 21.5 Å². The van der Waals surface area contributed by atoms with Gasteiger partial charge in [0, 0.05) is 20.4 Å². The van der Waals surface area contributed by atoms with E-state index in [-0.39, 0.29) is 0 Å². The molecule has 0 aliphatic rings. The van der Waals surface area contributed by atoms with Crippen LogP contribution in [-0.4, -0.2) is 11.0 Å². The number of esters is 1. The third-order valence-corrected chi connectivity index (χ3v) is 5.56. The maximum absolute atomic E-state index is 13.1. The Hall–Kier alpha value is -2.69. The summed E-state index contributed by atoms with van der Waals surface area (Å²) in [5.41, 5.74) is 4.95. The van der Waals surface area contributed by atoms with Gasteiger partial charge in [-0.15, -0.1) is 0 Å². The molecule has 0 saturated carbocycles. The van der Waals surface area contributed by atoms with Crippen LogP contribution in [0.25, 0.3) is 22.2 Å². The Morgan fingerprint density at radius 2 is 1.69 bits per heavy atom. The van der Waals surface area contributed by atoms with Crippen molar-refractivity contribution in [1.29, 1.82) is 0 Å². The zero-order chi connectivity index (χ0) is 20.5. The van der Waals surface area contributed by atoms with Crippen molar-refractivity contribution in [2.24, 2.45) is 0 Å². The van der Waals surface area contributed by atoms with Gasteiger partial charge < -0.3 is 4.74 Å². The number of pyridine rings is 1. The van der Waals surface area contributed by atoms with E-state index < -0.39 is 5.97 Å². The fraction of sp³-hybridized carbons (Fsp3) is 0.0833. The van der Waals surface area contributed by atoms with Gasteiger partial charge in [0.2, 0.25) is 0 Å². The minimum Gasteiger partial charge on any atom is -0.423 e. The Morgan fingerprint density at radius 1 is 0.931 bits per heavy atom. The summed E-state index contributed by atoms with van der Waals surface area (Å²) < 4.78 is 6.56. The number of aryl methyl sites for hydroxylation is 2. The van der Waals surface area contributed by atoms with Crippen molar-refractivity contribution < 1.29 is 9.53 Å². The molecule has 0 radical (unpaired) electrons. The molecular weight excluding hydrogens is 450 g/mol. The summed E-state index contributed by atoms with van der Waals surface area (Å²) in [5.74, 6) is 0.0973. The molecule has 29 heavy (non-hydrogen) atoms. The van der Waals surface area contributed by atoms with E-state index in [9.17, 15) is 4.79 Å². The number of halogens is 2. The molecule has 144 valence electrons. The Kier molecular flexibility index (Phi) is 5.39. The van der Waals surface area contributed by atoms with Crippen molar-refractivity contribution in [1.82, 2.24) is 4.98 Å². The first-order chi connectivity index (χ1) is 13.9. The van der Waals surface area contributed by atoms with Crippen molar-refractivity contribution in [2.45, 2.75) is 13.8 Å². The largest absolute Gasteiger partial charge is 0.423 e. The molecule has 0 unspecified atom stereocenters. The lowest BCUT2D eigenvalue weighted by Gasteiger charge is -2.11. The second kappa shape index (κ2) is 7.97. The highest BCUT2D eigenvalue weighted by Crippen LogP contribution is 2.29. The van der Waals surface area contributed by atoms with Gasteiger partial charge in [0.1, 0.15) is 5.75 Å². The predicted octanol–water partition coefficient (Wildman–Crippen LogP) is 7.15. The lowest BCUT2D eigenvalue weighted by molar-refractivity contribution is 0.0736. The molecule has 1 heterocycles. The first kappa shape index (κ1) is 19.6. The third kappa shape index (κ3) is 4.19. The van der Waals surface area contributed by atoms with E-state index in [0.717, 1.165) is 26.5 Å². The predicted molar refractivity (Wildman–Crippen MR) is 121 cm³/mol. The van der Waals surface area contributed by atoms with Crippen LogP contribution >= 0.6 is 27.5 Å². The summed E-state index contributed by atoms with van der Waals surface area (Å²) in [7, 11) is 0. The van der Waals surface area contributed by atoms with Crippen molar-refractivity contribution in [3.05, 3.63) is 92.9 Å². The monoisotopic (exact) mass is 465 g/mol. The SMILES string of the molecule is Cc1ccc(OC(=O)c2cc(-c3ccc(Cl)cc3)nc3ccc(Br)cc23)cc1C. The Labute approximate surface area is 182 Å². The van der Waals surface area contributed by atoms with Crippen molar-refractivity contribution in [2.75, 3.05) is 0 Å². The number of rotatable bonds is 3. The summed E-state index contributed by atoms with van der Waals surface area (Å²) in [5, 5.41) is 1.37. The zero-order valence-corrected chi connectivity index (χ0v) is 18.2. The highest BCUT2D eigenvalue weighted by molar-refractivity contribution is 9.10. The van der Waals surface area contributed by atoms with Crippen LogP contribution in [0.3, 0.4) is 0 Å². The van der Waals surface area contributed by atoms with E-state index in [2.05, 4.69) is 15.9 Å². The van der Waals surface area contributed by atoms with Gasteiger partial charge in [-0.1, -0.05) is 45.7 Å². The average Bonchev–Trinajstić information content (AvgIpc) is 2.70. The van der Waals surface area contributed by atoms with Gasteiger partial charge in [-0.05, 0) is 73.5 Å².